The summed E-state index contributed by atoms with van der Waals surface area (Å²) in [6.45, 7) is 9.83. The number of hydrogen-bond donors (Lipinski definition) is 3. The molecule has 14 heteroatoms. The van der Waals surface area contributed by atoms with Crippen LogP contribution >= 0.6 is 22.7 Å². The minimum absolute atomic E-state index is 0.317. The van der Waals surface area contributed by atoms with Crippen molar-refractivity contribution >= 4 is 55.2 Å². The van der Waals surface area contributed by atoms with Gasteiger partial charge in [-0.15, -0.1) is 22.7 Å². The van der Waals surface area contributed by atoms with E-state index in [2.05, 4.69) is 36.0 Å². The molecule has 4 amide bonds. The van der Waals surface area contributed by atoms with Gasteiger partial charge in [0.05, 0.1) is 60.5 Å². The fourth-order valence-corrected chi connectivity index (χ4v) is 5.92. The van der Waals surface area contributed by atoms with Crippen LogP contribution < -0.4 is 25.8 Å². The molecule has 0 atom stereocenters. The van der Waals surface area contributed by atoms with Crippen molar-refractivity contribution in [3.8, 4) is 11.5 Å². The van der Waals surface area contributed by atoms with Gasteiger partial charge < -0.3 is 20.3 Å². The lowest BCUT2D eigenvalue weighted by atomic mass is 10.0. The molecule has 0 bridgehead atoms. The fourth-order valence-electron chi connectivity index (χ4n) is 4.51. The van der Waals surface area contributed by atoms with E-state index in [1.54, 1.807) is 29.5 Å². The zero-order valence-corrected chi connectivity index (χ0v) is 28.8. The van der Waals surface area contributed by atoms with E-state index in [1.165, 1.54) is 27.7 Å². The van der Waals surface area contributed by atoms with Crippen molar-refractivity contribution in [2.24, 2.45) is 0 Å². The number of hydroxylamine groups is 3. The van der Waals surface area contributed by atoms with Gasteiger partial charge in [0.2, 0.25) is 0 Å². The minimum atomic E-state index is -0.615. The first-order chi connectivity index (χ1) is 23.0. The van der Waals surface area contributed by atoms with Gasteiger partial charge in [0.1, 0.15) is 0 Å². The van der Waals surface area contributed by atoms with Gasteiger partial charge in [-0.3, -0.25) is 9.97 Å². The summed E-state index contributed by atoms with van der Waals surface area (Å²) >= 11 is 3.05. The molecule has 0 fully saturated rings. The molecule has 0 saturated heterocycles. The van der Waals surface area contributed by atoms with Gasteiger partial charge in [0.25, 0.3) is 0 Å². The highest BCUT2D eigenvalue weighted by molar-refractivity contribution is 7.17. The Labute approximate surface area is 286 Å². The number of carbonyl (C=O) groups is 2. The van der Waals surface area contributed by atoms with Gasteiger partial charge in [0, 0.05) is 24.5 Å². The zero-order chi connectivity index (χ0) is 34.1. The van der Waals surface area contributed by atoms with Crippen molar-refractivity contribution in [1.82, 2.24) is 41.1 Å². The van der Waals surface area contributed by atoms with E-state index in [4.69, 9.17) is 9.68 Å². The van der Waals surface area contributed by atoms with E-state index in [1.807, 2.05) is 101 Å². The second kappa shape index (κ2) is 15.0. The van der Waals surface area contributed by atoms with Gasteiger partial charge in [-0.05, 0) is 83.1 Å². The van der Waals surface area contributed by atoms with Crippen LogP contribution in [-0.2, 0) is 11.1 Å². The van der Waals surface area contributed by atoms with Crippen LogP contribution in [0.15, 0.2) is 96.2 Å². The topological polar surface area (TPSA) is 143 Å². The van der Waals surface area contributed by atoms with E-state index < -0.39 is 17.1 Å². The largest absolute Gasteiger partial charge is 0.378 e. The lowest BCUT2D eigenvalue weighted by molar-refractivity contribution is -0.0113. The Hall–Kier alpha value is -5.34. The highest BCUT2D eigenvalue weighted by Gasteiger charge is 2.27. The minimum Gasteiger partial charge on any atom is -0.378 e. The second-order valence-electron chi connectivity index (χ2n) is 11.5. The number of thiazole rings is 2. The number of benzene rings is 2. The monoisotopic (exact) mass is 684 g/mol. The maximum atomic E-state index is 12.6. The Bertz CT molecular complexity index is 1970. The number of nitrogens with one attached hydrogen (secondary N) is 3. The lowest BCUT2D eigenvalue weighted by Crippen LogP contribution is -2.49. The van der Waals surface area contributed by atoms with Crippen LogP contribution in [0.4, 0.5) is 9.59 Å². The van der Waals surface area contributed by atoms with E-state index in [0.717, 1.165) is 31.8 Å². The van der Waals surface area contributed by atoms with Crippen LogP contribution in [-0.4, -0.2) is 43.6 Å². The smallest absolute Gasteiger partial charge is 0.351 e. The Morgan fingerprint density at radius 2 is 1.27 bits per heavy atom. The van der Waals surface area contributed by atoms with Crippen LogP contribution in [0.1, 0.15) is 46.0 Å². The van der Waals surface area contributed by atoms with Gasteiger partial charge >= 0.3 is 12.1 Å². The molecule has 6 aromatic rings. The molecule has 0 unspecified atom stereocenters. The molecule has 4 heterocycles. The number of pyridine rings is 2. The number of hydrogen-bond acceptors (Lipinski definition) is 10. The predicted molar refractivity (Wildman–Crippen MR) is 188 cm³/mol. The Morgan fingerprint density at radius 1 is 0.729 bits per heavy atom. The van der Waals surface area contributed by atoms with E-state index in [-0.39, 0.29) is 6.03 Å². The van der Waals surface area contributed by atoms with Crippen LogP contribution in [0.5, 0.6) is 11.5 Å². The predicted octanol–water partition coefficient (Wildman–Crippen LogP) is 7.17. The third kappa shape index (κ3) is 8.72. The second-order valence-corrected chi connectivity index (χ2v) is 13.3. The summed E-state index contributed by atoms with van der Waals surface area (Å²) in [4.78, 5) is 52.8. The molecular weight excluding hydrogens is 649 g/mol. The molecule has 12 nitrogen and oxygen atoms in total. The number of rotatable bonds is 9. The van der Waals surface area contributed by atoms with Crippen LogP contribution in [0.25, 0.3) is 20.4 Å². The first kappa shape index (κ1) is 34.0. The lowest BCUT2D eigenvalue weighted by Gasteiger charge is -2.29. The molecular formula is C34H36N8O4S2. The Balaban J connectivity index is 0.000000188. The van der Waals surface area contributed by atoms with Crippen LogP contribution in [0, 0.1) is 0 Å². The molecule has 0 spiro atoms. The summed E-state index contributed by atoms with van der Waals surface area (Å²) in [6.07, 6.45) is 3.40. The maximum Gasteiger partial charge on any atom is 0.351 e. The fraction of sp³-hybridized carbons (Fsp3) is 0.235. The summed E-state index contributed by atoms with van der Waals surface area (Å²) in [5.41, 5.74) is 8.08. The molecule has 0 aliphatic heterocycles. The number of fused-ring (bicyclic) bond motifs is 2. The molecule has 0 saturated carbocycles. The Kier molecular flexibility index (Phi) is 10.7. The summed E-state index contributed by atoms with van der Waals surface area (Å²) in [6, 6.07) is 21.4. The molecule has 4 aromatic heterocycles. The third-order valence-corrected chi connectivity index (χ3v) is 8.64. The van der Waals surface area contributed by atoms with E-state index >= 15 is 0 Å². The molecule has 248 valence electrons. The SMILES string of the molecule is CC(C)(NC(=O)NOc1ccc2ncsc2c1)c1ccccn1.CCN(Oc1ccc2ncsc2c1)C(=O)NC(C)(C)c1ccccn1. The summed E-state index contributed by atoms with van der Waals surface area (Å²) in [7, 11) is 0. The first-order valence-electron chi connectivity index (χ1n) is 15.1. The van der Waals surface area contributed by atoms with Crippen LogP contribution in [0.3, 0.4) is 0 Å². The molecule has 0 radical (unpaired) electrons. The maximum absolute atomic E-state index is 12.6. The van der Waals surface area contributed by atoms with Crippen molar-refractivity contribution in [2.75, 3.05) is 6.54 Å². The van der Waals surface area contributed by atoms with Crippen molar-refractivity contribution in [3.63, 3.8) is 0 Å². The third-order valence-electron chi connectivity index (χ3n) is 7.05. The van der Waals surface area contributed by atoms with E-state index in [0.29, 0.717) is 18.0 Å². The summed E-state index contributed by atoms with van der Waals surface area (Å²) in [5, 5.41) is 7.09. The Morgan fingerprint density at radius 3 is 1.81 bits per heavy atom. The highest BCUT2D eigenvalue weighted by Crippen LogP contribution is 2.25. The average molecular weight is 685 g/mol. The quantitative estimate of drug-likeness (QED) is 0.136. The van der Waals surface area contributed by atoms with Crippen molar-refractivity contribution in [3.05, 3.63) is 108 Å². The number of amides is 4. The molecule has 0 aliphatic rings. The van der Waals surface area contributed by atoms with E-state index in [9.17, 15) is 9.59 Å². The number of nitrogens with zero attached hydrogens (tertiary/aromatic N) is 5. The van der Waals surface area contributed by atoms with Crippen molar-refractivity contribution < 1.29 is 19.3 Å². The number of aromatic nitrogens is 4. The number of carbonyl (C=O) groups excluding carboxylic acids is 2. The zero-order valence-electron chi connectivity index (χ0n) is 27.1. The molecule has 0 aliphatic carbocycles. The normalized spacial score (nSPS) is 11.3. The average Bonchev–Trinajstić information content (AvgIpc) is 3.76. The first-order valence-corrected chi connectivity index (χ1v) is 16.8. The molecule has 2 aromatic carbocycles. The van der Waals surface area contributed by atoms with Crippen molar-refractivity contribution in [2.45, 2.75) is 45.7 Å². The summed E-state index contributed by atoms with van der Waals surface area (Å²) in [5.74, 6) is 1.15. The van der Waals surface area contributed by atoms with Crippen LogP contribution in [0.2, 0.25) is 0 Å². The van der Waals surface area contributed by atoms with Gasteiger partial charge in [0.15, 0.2) is 11.5 Å². The molecule has 6 rings (SSSR count). The van der Waals surface area contributed by atoms with Gasteiger partial charge in [-0.25, -0.2) is 19.6 Å². The van der Waals surface area contributed by atoms with Crippen molar-refractivity contribution in [1.29, 1.82) is 0 Å². The highest BCUT2D eigenvalue weighted by atomic mass is 32.1. The van der Waals surface area contributed by atoms with Gasteiger partial charge in [-0.1, -0.05) is 12.1 Å². The molecule has 48 heavy (non-hydrogen) atoms. The van der Waals surface area contributed by atoms with Gasteiger partial charge in [-0.2, -0.15) is 10.5 Å². The summed E-state index contributed by atoms with van der Waals surface area (Å²) < 4.78 is 2.02. The number of urea groups is 2. The molecule has 3 N–H and O–H groups in total. The standard InChI is InChI=1S/C18H20N4O2S.C16H16N4O2S/c1-4-22(24-13-8-9-14-15(11-13)25-12-20-14)17(23)21-18(2,3)16-7-5-6-10-19-16;1-16(2,14-5-3-4-8-17-14)19-15(21)20-22-11-6-7-12-13(9-11)23-10-18-12/h5-12H,4H2,1-3H3,(H,21,23);3-10H,1-2H3,(H2,19,20,21).